The highest BCUT2D eigenvalue weighted by Crippen LogP contribution is 2.10. The fraction of sp³-hybridized carbons (Fsp3) is 1.00. The van der Waals surface area contributed by atoms with Crippen LogP contribution in [-0.2, 0) is 4.74 Å². The van der Waals surface area contributed by atoms with Crippen molar-refractivity contribution in [2.45, 2.75) is 78.1 Å². The lowest BCUT2D eigenvalue weighted by Gasteiger charge is -2.11. The Balaban J connectivity index is 2.99. The van der Waals surface area contributed by atoms with E-state index >= 15 is 0 Å². The number of hydrogen-bond acceptors (Lipinski definition) is 2. The lowest BCUT2D eigenvalue weighted by Crippen LogP contribution is -2.24. The molecule has 0 saturated heterocycles. The largest absolute Gasteiger partial charge is 0.384 e. The SMILES string of the molecule is CCCCCCCCCCCCNCC(C)COC. The van der Waals surface area contributed by atoms with Gasteiger partial charge in [-0.1, -0.05) is 71.6 Å². The molecule has 0 aliphatic carbocycles. The van der Waals surface area contributed by atoms with Gasteiger partial charge in [0.05, 0.1) is 0 Å². The van der Waals surface area contributed by atoms with Crippen molar-refractivity contribution in [2.24, 2.45) is 5.92 Å². The van der Waals surface area contributed by atoms with Gasteiger partial charge in [0.1, 0.15) is 0 Å². The third-order valence-corrected chi connectivity index (χ3v) is 3.65. The van der Waals surface area contributed by atoms with Crippen molar-refractivity contribution in [3.8, 4) is 0 Å². The molecule has 0 amide bonds. The average Bonchev–Trinajstić information content (AvgIpc) is 2.40. The van der Waals surface area contributed by atoms with Gasteiger partial charge in [0.2, 0.25) is 0 Å². The minimum atomic E-state index is 0.633. The smallest absolute Gasteiger partial charge is 0.0499 e. The quantitative estimate of drug-likeness (QED) is 0.433. The number of ether oxygens (including phenoxy) is 1. The minimum Gasteiger partial charge on any atom is -0.384 e. The second kappa shape index (κ2) is 16.0. The number of hydrogen-bond donors (Lipinski definition) is 1. The molecule has 0 rings (SSSR count). The molecule has 2 heteroatoms. The number of methoxy groups -OCH3 is 1. The van der Waals surface area contributed by atoms with Gasteiger partial charge in [-0.3, -0.25) is 0 Å². The molecule has 0 aromatic carbocycles. The van der Waals surface area contributed by atoms with Crippen LogP contribution in [-0.4, -0.2) is 26.8 Å². The van der Waals surface area contributed by atoms with E-state index in [1.165, 1.54) is 70.8 Å². The van der Waals surface area contributed by atoms with E-state index in [4.69, 9.17) is 4.74 Å². The average molecular weight is 271 g/mol. The molecular weight excluding hydrogens is 234 g/mol. The van der Waals surface area contributed by atoms with Gasteiger partial charge in [-0.2, -0.15) is 0 Å². The summed E-state index contributed by atoms with van der Waals surface area (Å²) in [6, 6.07) is 0. The molecule has 1 unspecified atom stereocenters. The first-order chi connectivity index (χ1) is 9.31. The van der Waals surface area contributed by atoms with Gasteiger partial charge in [-0.15, -0.1) is 0 Å². The maximum atomic E-state index is 5.12. The molecule has 0 aliphatic rings. The number of unbranched alkanes of at least 4 members (excludes halogenated alkanes) is 9. The molecule has 0 aromatic heterocycles. The van der Waals surface area contributed by atoms with Crippen molar-refractivity contribution in [2.75, 3.05) is 26.8 Å². The summed E-state index contributed by atoms with van der Waals surface area (Å²) in [6.45, 7) is 7.64. The molecule has 116 valence electrons. The summed E-state index contributed by atoms with van der Waals surface area (Å²) < 4.78 is 5.12. The van der Waals surface area contributed by atoms with Gasteiger partial charge in [-0.25, -0.2) is 0 Å². The van der Waals surface area contributed by atoms with Crippen LogP contribution in [0.25, 0.3) is 0 Å². The van der Waals surface area contributed by atoms with Crippen LogP contribution < -0.4 is 5.32 Å². The fourth-order valence-electron chi connectivity index (χ4n) is 2.43. The summed E-state index contributed by atoms with van der Waals surface area (Å²) in [5, 5.41) is 3.52. The summed E-state index contributed by atoms with van der Waals surface area (Å²) in [5.41, 5.74) is 0. The first-order valence-electron chi connectivity index (χ1n) is 8.50. The van der Waals surface area contributed by atoms with Gasteiger partial charge in [0, 0.05) is 13.7 Å². The Hall–Kier alpha value is -0.0800. The summed E-state index contributed by atoms with van der Waals surface area (Å²) in [4.78, 5) is 0. The summed E-state index contributed by atoms with van der Waals surface area (Å²) >= 11 is 0. The Kier molecular flexibility index (Phi) is 15.9. The Morgan fingerprint density at radius 2 is 1.37 bits per heavy atom. The second-order valence-corrected chi connectivity index (χ2v) is 5.95. The zero-order valence-corrected chi connectivity index (χ0v) is 13.7. The number of nitrogens with one attached hydrogen (secondary N) is 1. The van der Waals surface area contributed by atoms with E-state index in [9.17, 15) is 0 Å². The molecule has 0 fully saturated rings. The van der Waals surface area contributed by atoms with Gasteiger partial charge < -0.3 is 10.1 Å². The third-order valence-electron chi connectivity index (χ3n) is 3.65. The molecule has 1 N–H and O–H groups in total. The van der Waals surface area contributed by atoms with Crippen molar-refractivity contribution in [3.05, 3.63) is 0 Å². The van der Waals surface area contributed by atoms with E-state index < -0.39 is 0 Å². The molecule has 0 heterocycles. The molecular formula is C17H37NO. The van der Waals surface area contributed by atoms with Gasteiger partial charge in [0.15, 0.2) is 0 Å². The highest BCUT2D eigenvalue weighted by Gasteiger charge is 1.99. The van der Waals surface area contributed by atoms with Crippen LogP contribution >= 0.6 is 0 Å². The summed E-state index contributed by atoms with van der Waals surface area (Å²) in [5.74, 6) is 0.633. The predicted octanol–water partition coefficient (Wildman–Crippen LogP) is 4.78. The van der Waals surface area contributed by atoms with Gasteiger partial charge >= 0.3 is 0 Å². The van der Waals surface area contributed by atoms with Crippen molar-refractivity contribution >= 4 is 0 Å². The highest BCUT2D eigenvalue weighted by molar-refractivity contribution is 4.56. The molecule has 1 atom stereocenters. The van der Waals surface area contributed by atoms with E-state index in [2.05, 4.69) is 19.2 Å². The maximum Gasteiger partial charge on any atom is 0.0499 e. The molecule has 0 saturated carbocycles. The van der Waals surface area contributed by atoms with E-state index in [1.807, 2.05) is 0 Å². The summed E-state index contributed by atoms with van der Waals surface area (Å²) in [6.07, 6.45) is 14.1. The van der Waals surface area contributed by atoms with Crippen molar-refractivity contribution in [3.63, 3.8) is 0 Å². The molecule has 2 nitrogen and oxygen atoms in total. The van der Waals surface area contributed by atoms with Crippen LogP contribution in [0.4, 0.5) is 0 Å². The van der Waals surface area contributed by atoms with Crippen LogP contribution in [0.1, 0.15) is 78.1 Å². The van der Waals surface area contributed by atoms with E-state index in [0.717, 1.165) is 13.2 Å². The molecule has 0 aromatic rings. The van der Waals surface area contributed by atoms with Gasteiger partial charge in [-0.05, 0) is 25.4 Å². The fourth-order valence-corrected chi connectivity index (χ4v) is 2.43. The first-order valence-corrected chi connectivity index (χ1v) is 8.50. The van der Waals surface area contributed by atoms with Crippen LogP contribution in [0.2, 0.25) is 0 Å². The molecule has 0 radical (unpaired) electrons. The van der Waals surface area contributed by atoms with Crippen molar-refractivity contribution in [1.29, 1.82) is 0 Å². The second-order valence-electron chi connectivity index (χ2n) is 5.95. The topological polar surface area (TPSA) is 21.3 Å². The molecule has 19 heavy (non-hydrogen) atoms. The predicted molar refractivity (Wildman–Crippen MR) is 85.8 cm³/mol. The van der Waals surface area contributed by atoms with E-state index in [1.54, 1.807) is 7.11 Å². The van der Waals surface area contributed by atoms with Gasteiger partial charge in [0.25, 0.3) is 0 Å². The highest BCUT2D eigenvalue weighted by atomic mass is 16.5. The monoisotopic (exact) mass is 271 g/mol. The Morgan fingerprint density at radius 1 is 0.842 bits per heavy atom. The van der Waals surface area contributed by atoms with Crippen LogP contribution in [0.5, 0.6) is 0 Å². The van der Waals surface area contributed by atoms with Crippen LogP contribution in [0, 0.1) is 5.92 Å². The minimum absolute atomic E-state index is 0.633. The molecule has 0 spiro atoms. The number of rotatable bonds is 15. The summed E-state index contributed by atoms with van der Waals surface area (Å²) in [7, 11) is 1.78. The lowest BCUT2D eigenvalue weighted by molar-refractivity contribution is 0.158. The third kappa shape index (κ3) is 15.9. The Labute approximate surface area is 121 Å². The van der Waals surface area contributed by atoms with Crippen molar-refractivity contribution in [1.82, 2.24) is 5.32 Å². The van der Waals surface area contributed by atoms with Crippen molar-refractivity contribution < 1.29 is 4.74 Å². The maximum absolute atomic E-state index is 5.12. The Morgan fingerprint density at radius 3 is 1.89 bits per heavy atom. The molecule has 0 aliphatic heterocycles. The van der Waals surface area contributed by atoms with E-state index in [0.29, 0.717) is 5.92 Å². The zero-order chi connectivity index (χ0) is 14.2. The Bertz CT molecular complexity index is 161. The molecule has 0 bridgehead atoms. The van der Waals surface area contributed by atoms with Crippen LogP contribution in [0.3, 0.4) is 0 Å². The lowest BCUT2D eigenvalue weighted by atomic mass is 10.1. The van der Waals surface area contributed by atoms with Crippen LogP contribution in [0.15, 0.2) is 0 Å². The van der Waals surface area contributed by atoms with E-state index in [-0.39, 0.29) is 0 Å². The standard InChI is InChI=1S/C17H37NO/c1-4-5-6-7-8-9-10-11-12-13-14-18-15-17(2)16-19-3/h17-18H,4-16H2,1-3H3. The zero-order valence-electron chi connectivity index (χ0n) is 13.7. The first kappa shape index (κ1) is 18.9. The normalized spacial score (nSPS) is 12.8.